The van der Waals surface area contributed by atoms with Gasteiger partial charge in [0.25, 0.3) is 5.91 Å². The van der Waals surface area contributed by atoms with E-state index in [1.165, 1.54) is 22.7 Å². The third-order valence-electron chi connectivity index (χ3n) is 2.83. The summed E-state index contributed by atoms with van der Waals surface area (Å²) in [5, 5.41) is 14.0. The first-order valence-corrected chi connectivity index (χ1v) is 8.67. The van der Waals surface area contributed by atoms with Gasteiger partial charge < -0.3 is 0 Å². The minimum Gasteiger partial charge on any atom is -0.297 e. The Kier molecular flexibility index (Phi) is 4.34. The highest BCUT2D eigenvalue weighted by molar-refractivity contribution is 9.11. The number of rotatable bonds is 3. The first kappa shape index (κ1) is 14.9. The van der Waals surface area contributed by atoms with Gasteiger partial charge in [0.2, 0.25) is 0 Å². The Balaban J connectivity index is 1.76. The molecule has 2 aromatic heterocycles. The number of amides is 1. The normalized spacial score (nSPS) is 10.2. The lowest BCUT2D eigenvalue weighted by Gasteiger charge is -1.98. The second-order valence-corrected chi connectivity index (χ2v) is 7.61. The van der Waals surface area contributed by atoms with Gasteiger partial charge in [-0.25, -0.2) is 4.98 Å². The molecule has 0 radical (unpaired) electrons. The highest BCUT2D eigenvalue weighted by Crippen LogP contribution is 2.27. The predicted octanol–water partition coefficient (Wildman–Crippen LogP) is 4.76. The van der Waals surface area contributed by atoms with Crippen molar-refractivity contribution in [3.63, 3.8) is 0 Å². The third kappa shape index (κ3) is 3.25. The number of thiophene rings is 1. The Morgan fingerprint density at radius 2 is 2.00 bits per heavy atom. The van der Waals surface area contributed by atoms with Crippen LogP contribution < -0.4 is 5.32 Å². The summed E-state index contributed by atoms with van der Waals surface area (Å²) in [5.41, 5.74) is 2.29. The molecule has 0 aliphatic carbocycles. The smallest absolute Gasteiger partial charge is 0.267 e. The minimum atomic E-state index is -0.170. The van der Waals surface area contributed by atoms with Gasteiger partial charge in [-0.15, -0.1) is 22.7 Å². The molecular formula is C15H8BrN3OS2. The number of aromatic nitrogens is 1. The van der Waals surface area contributed by atoms with Crippen LogP contribution >= 0.6 is 38.6 Å². The lowest BCUT2D eigenvalue weighted by Crippen LogP contribution is -2.09. The number of nitrogens with one attached hydrogen (secondary N) is 1. The molecule has 0 saturated heterocycles. The van der Waals surface area contributed by atoms with Gasteiger partial charge in [-0.05, 0) is 40.2 Å². The molecule has 0 atom stereocenters. The third-order valence-corrected chi connectivity index (χ3v) is 5.21. The van der Waals surface area contributed by atoms with Crippen LogP contribution in [-0.4, -0.2) is 10.9 Å². The van der Waals surface area contributed by atoms with Crippen LogP contribution in [0.1, 0.15) is 15.2 Å². The summed E-state index contributed by atoms with van der Waals surface area (Å²) in [6.07, 6.45) is 0. The number of anilines is 1. The fourth-order valence-corrected chi connectivity index (χ4v) is 3.77. The number of thiazole rings is 1. The largest absolute Gasteiger partial charge is 0.297 e. The maximum atomic E-state index is 12.1. The lowest BCUT2D eigenvalue weighted by molar-refractivity contribution is 0.103. The van der Waals surface area contributed by atoms with Gasteiger partial charge in [0, 0.05) is 10.9 Å². The first-order valence-electron chi connectivity index (χ1n) is 6.18. The number of nitriles is 1. The van der Waals surface area contributed by atoms with E-state index >= 15 is 0 Å². The number of benzene rings is 1. The first-order chi connectivity index (χ1) is 10.7. The fourth-order valence-electron chi connectivity index (χ4n) is 1.77. The molecule has 0 unspecified atom stereocenters. The number of halogens is 1. The molecule has 0 fully saturated rings. The summed E-state index contributed by atoms with van der Waals surface area (Å²) >= 11 is 6.08. The van der Waals surface area contributed by atoms with E-state index in [0.29, 0.717) is 15.6 Å². The van der Waals surface area contributed by atoms with Gasteiger partial charge in [0.15, 0.2) is 5.13 Å². The molecule has 0 aliphatic heterocycles. The molecule has 0 spiro atoms. The Labute approximate surface area is 143 Å². The zero-order valence-corrected chi connectivity index (χ0v) is 14.3. The van der Waals surface area contributed by atoms with Crippen molar-refractivity contribution in [2.24, 2.45) is 0 Å². The standard InChI is InChI=1S/C15H8BrN3OS2/c16-13-6-5-12(22-13)14(20)19-15-18-11(8-21-15)10-3-1-9(7-17)2-4-10/h1-6,8H,(H,18,19,20). The second-order valence-electron chi connectivity index (χ2n) is 4.28. The van der Waals surface area contributed by atoms with E-state index in [2.05, 4.69) is 32.3 Å². The molecule has 0 bridgehead atoms. The van der Waals surface area contributed by atoms with Crippen molar-refractivity contribution in [3.05, 3.63) is 56.0 Å². The van der Waals surface area contributed by atoms with Crippen molar-refractivity contribution in [3.8, 4) is 17.3 Å². The Hall–Kier alpha value is -2.01. The monoisotopic (exact) mass is 389 g/mol. The van der Waals surface area contributed by atoms with Crippen LogP contribution in [-0.2, 0) is 0 Å². The number of carbonyl (C=O) groups is 1. The zero-order chi connectivity index (χ0) is 15.5. The maximum Gasteiger partial charge on any atom is 0.267 e. The summed E-state index contributed by atoms with van der Waals surface area (Å²) in [6, 6.07) is 12.9. The van der Waals surface area contributed by atoms with Crippen LogP contribution in [0.5, 0.6) is 0 Å². The van der Waals surface area contributed by atoms with Gasteiger partial charge >= 0.3 is 0 Å². The fraction of sp³-hybridized carbons (Fsp3) is 0. The zero-order valence-electron chi connectivity index (χ0n) is 11.0. The van der Waals surface area contributed by atoms with Crippen molar-refractivity contribution in [2.75, 3.05) is 5.32 Å². The van der Waals surface area contributed by atoms with E-state index in [1.807, 2.05) is 23.6 Å². The molecule has 1 aromatic carbocycles. The van der Waals surface area contributed by atoms with E-state index in [4.69, 9.17) is 5.26 Å². The molecule has 7 heteroatoms. The summed E-state index contributed by atoms with van der Waals surface area (Å²) in [5.74, 6) is -0.170. The summed E-state index contributed by atoms with van der Waals surface area (Å²) in [7, 11) is 0. The second kappa shape index (κ2) is 6.40. The average Bonchev–Trinajstić information content (AvgIpc) is 3.16. The van der Waals surface area contributed by atoms with Crippen molar-refractivity contribution < 1.29 is 4.79 Å². The van der Waals surface area contributed by atoms with Gasteiger partial charge in [-0.1, -0.05) is 12.1 Å². The van der Waals surface area contributed by atoms with E-state index in [-0.39, 0.29) is 5.91 Å². The molecule has 3 rings (SSSR count). The van der Waals surface area contributed by atoms with Crippen molar-refractivity contribution >= 4 is 49.6 Å². The molecule has 1 amide bonds. The highest BCUT2D eigenvalue weighted by Gasteiger charge is 2.11. The number of nitrogens with zero attached hydrogens (tertiary/aromatic N) is 2. The molecule has 22 heavy (non-hydrogen) atoms. The molecule has 4 nitrogen and oxygen atoms in total. The van der Waals surface area contributed by atoms with Crippen LogP contribution in [0.25, 0.3) is 11.3 Å². The number of hydrogen-bond donors (Lipinski definition) is 1. The minimum absolute atomic E-state index is 0.170. The Morgan fingerprint density at radius 1 is 1.23 bits per heavy atom. The number of hydrogen-bond acceptors (Lipinski definition) is 5. The summed E-state index contributed by atoms with van der Waals surface area (Å²) in [6.45, 7) is 0. The molecular weight excluding hydrogens is 382 g/mol. The van der Waals surface area contributed by atoms with Gasteiger partial charge in [-0.2, -0.15) is 5.26 Å². The van der Waals surface area contributed by atoms with Crippen LogP contribution in [0.4, 0.5) is 5.13 Å². The van der Waals surface area contributed by atoms with E-state index in [0.717, 1.165) is 15.0 Å². The van der Waals surface area contributed by atoms with Crippen LogP contribution in [0.3, 0.4) is 0 Å². The molecule has 3 aromatic rings. The summed E-state index contributed by atoms with van der Waals surface area (Å²) < 4.78 is 0.912. The van der Waals surface area contributed by atoms with E-state index < -0.39 is 0 Å². The average molecular weight is 390 g/mol. The SMILES string of the molecule is N#Cc1ccc(-c2csc(NC(=O)c3ccc(Br)s3)n2)cc1. The predicted molar refractivity (Wildman–Crippen MR) is 92.2 cm³/mol. The Morgan fingerprint density at radius 3 is 2.64 bits per heavy atom. The quantitative estimate of drug-likeness (QED) is 0.701. The topological polar surface area (TPSA) is 65.8 Å². The van der Waals surface area contributed by atoms with Crippen LogP contribution in [0.15, 0.2) is 45.6 Å². The van der Waals surface area contributed by atoms with Crippen molar-refractivity contribution in [2.45, 2.75) is 0 Å². The highest BCUT2D eigenvalue weighted by atomic mass is 79.9. The Bertz CT molecular complexity index is 862. The van der Waals surface area contributed by atoms with E-state index in [1.54, 1.807) is 18.2 Å². The van der Waals surface area contributed by atoms with Gasteiger partial charge in [0.05, 0.1) is 26.0 Å². The maximum absolute atomic E-state index is 12.1. The summed E-state index contributed by atoms with van der Waals surface area (Å²) in [4.78, 5) is 17.1. The number of carbonyl (C=O) groups excluding carboxylic acids is 1. The molecule has 1 N–H and O–H groups in total. The lowest BCUT2D eigenvalue weighted by atomic mass is 10.1. The van der Waals surface area contributed by atoms with Crippen molar-refractivity contribution in [1.82, 2.24) is 4.98 Å². The molecule has 108 valence electrons. The van der Waals surface area contributed by atoms with Crippen molar-refractivity contribution in [1.29, 1.82) is 5.26 Å². The van der Waals surface area contributed by atoms with Gasteiger partial charge in [-0.3, -0.25) is 10.1 Å². The molecule has 2 heterocycles. The van der Waals surface area contributed by atoms with Crippen LogP contribution in [0, 0.1) is 11.3 Å². The van der Waals surface area contributed by atoms with E-state index in [9.17, 15) is 4.79 Å². The molecule has 0 aliphatic rings. The van der Waals surface area contributed by atoms with Gasteiger partial charge in [0.1, 0.15) is 0 Å². The molecule has 0 saturated carbocycles. The van der Waals surface area contributed by atoms with Crippen LogP contribution in [0.2, 0.25) is 0 Å².